The molecule has 4 heteroatoms. The van der Waals surface area contributed by atoms with Crippen molar-refractivity contribution < 1.29 is 32.6 Å². The topological polar surface area (TPSA) is 43.4 Å². The van der Waals surface area contributed by atoms with Crippen LogP contribution >= 0.6 is 0 Å². The van der Waals surface area contributed by atoms with Crippen molar-refractivity contribution in [1.82, 2.24) is 0 Å². The molecule has 18 heavy (non-hydrogen) atoms. The Morgan fingerprint density at radius 3 is 2.00 bits per heavy atom. The maximum atomic E-state index is 12.3. The first kappa shape index (κ1) is 12.8. The van der Waals surface area contributed by atoms with Crippen LogP contribution in [-0.2, 0) is 32.6 Å². The summed E-state index contributed by atoms with van der Waals surface area (Å²) in [6, 6.07) is 0. The van der Waals surface area contributed by atoms with Crippen molar-refractivity contribution >= 4 is 11.9 Å². The SMILES string of the molecule is CC1[CH]([Ru])C2(C)CC1(C)C1(C)C(=O)OC(=O)C21C. The zero-order valence-corrected chi connectivity index (χ0v) is 13.2. The molecule has 0 amide bonds. The molecule has 3 fully saturated rings. The molecule has 101 valence electrons. The molecular formula is C14H19O3Ru. The number of esters is 2. The van der Waals surface area contributed by atoms with Crippen LogP contribution in [0.25, 0.3) is 0 Å². The Balaban J connectivity index is 2.35. The Morgan fingerprint density at radius 1 is 1.06 bits per heavy atom. The average molecular weight is 336 g/mol. The Kier molecular flexibility index (Phi) is 2.07. The quantitative estimate of drug-likeness (QED) is 0.388. The fourth-order valence-electron chi connectivity index (χ4n) is 5.27. The maximum absolute atomic E-state index is 12.3. The van der Waals surface area contributed by atoms with Gasteiger partial charge in [0.2, 0.25) is 0 Å². The van der Waals surface area contributed by atoms with E-state index in [1.807, 2.05) is 13.8 Å². The average Bonchev–Trinajstić information content (AvgIpc) is 2.66. The van der Waals surface area contributed by atoms with E-state index in [2.05, 4.69) is 39.1 Å². The molecule has 0 N–H and O–H groups in total. The van der Waals surface area contributed by atoms with E-state index >= 15 is 0 Å². The molecule has 6 atom stereocenters. The van der Waals surface area contributed by atoms with Gasteiger partial charge in [-0.2, -0.15) is 0 Å². The summed E-state index contributed by atoms with van der Waals surface area (Å²) >= 11 is 2.80. The first-order chi connectivity index (χ1) is 8.07. The Hall–Kier alpha value is -0.237. The molecule has 2 aliphatic carbocycles. The molecule has 1 heterocycles. The molecule has 0 radical (unpaired) electrons. The van der Waals surface area contributed by atoms with E-state index in [0.717, 1.165) is 6.42 Å². The van der Waals surface area contributed by atoms with Crippen molar-refractivity contribution in [3.63, 3.8) is 0 Å². The van der Waals surface area contributed by atoms with Crippen LogP contribution in [0.4, 0.5) is 0 Å². The Labute approximate surface area is 118 Å². The van der Waals surface area contributed by atoms with Crippen LogP contribution in [0.3, 0.4) is 0 Å². The van der Waals surface area contributed by atoms with Crippen molar-refractivity contribution in [3.05, 3.63) is 0 Å². The van der Waals surface area contributed by atoms with Gasteiger partial charge in [0.25, 0.3) is 0 Å². The first-order valence-electron chi connectivity index (χ1n) is 6.47. The monoisotopic (exact) mass is 337 g/mol. The van der Waals surface area contributed by atoms with Gasteiger partial charge in [0.15, 0.2) is 0 Å². The third kappa shape index (κ3) is 0.819. The van der Waals surface area contributed by atoms with Gasteiger partial charge in [-0.25, -0.2) is 0 Å². The van der Waals surface area contributed by atoms with Crippen LogP contribution < -0.4 is 0 Å². The van der Waals surface area contributed by atoms with Crippen molar-refractivity contribution in [2.45, 2.75) is 45.6 Å². The first-order valence-corrected chi connectivity index (χ1v) is 7.47. The van der Waals surface area contributed by atoms with Gasteiger partial charge in [0, 0.05) is 0 Å². The summed E-state index contributed by atoms with van der Waals surface area (Å²) in [5.41, 5.74) is -1.69. The summed E-state index contributed by atoms with van der Waals surface area (Å²) in [4.78, 5) is 24.7. The molecule has 1 aliphatic heterocycles. The molecule has 2 saturated carbocycles. The second-order valence-corrected chi connectivity index (χ2v) is 8.20. The van der Waals surface area contributed by atoms with E-state index in [9.17, 15) is 9.59 Å². The van der Waals surface area contributed by atoms with Crippen molar-refractivity contribution in [3.8, 4) is 0 Å². The van der Waals surface area contributed by atoms with Gasteiger partial charge >= 0.3 is 118 Å². The van der Waals surface area contributed by atoms with Crippen LogP contribution in [0.5, 0.6) is 0 Å². The zero-order chi connectivity index (χ0) is 13.7. The van der Waals surface area contributed by atoms with Crippen molar-refractivity contribution in [2.75, 3.05) is 0 Å². The van der Waals surface area contributed by atoms with Gasteiger partial charge in [-0.3, -0.25) is 0 Å². The summed E-state index contributed by atoms with van der Waals surface area (Å²) < 4.78 is 5.42. The molecule has 0 aromatic heterocycles. The molecule has 0 aromatic rings. The standard InChI is InChI=1S/C14H19O3.Ru/c1-8-6-11(2)7-12(8,3)14(5)10(16)17-9(15)13(11,14)4;/h6,8H,7H2,1-5H3;. The second kappa shape index (κ2) is 2.92. The van der Waals surface area contributed by atoms with E-state index in [4.69, 9.17) is 4.74 Å². The van der Waals surface area contributed by atoms with Gasteiger partial charge in [-0.05, 0) is 0 Å². The predicted molar refractivity (Wildman–Crippen MR) is 61.1 cm³/mol. The van der Waals surface area contributed by atoms with Gasteiger partial charge in [-0.15, -0.1) is 0 Å². The molecular weight excluding hydrogens is 317 g/mol. The van der Waals surface area contributed by atoms with Crippen molar-refractivity contribution in [1.29, 1.82) is 0 Å². The third-order valence-electron chi connectivity index (χ3n) is 7.05. The van der Waals surface area contributed by atoms with E-state index in [1.54, 1.807) is 0 Å². The summed E-state index contributed by atoms with van der Waals surface area (Å²) in [5, 5.41) is 0. The number of rotatable bonds is 0. The minimum atomic E-state index is -0.686. The minimum absolute atomic E-state index is 0.157. The Morgan fingerprint density at radius 2 is 1.50 bits per heavy atom. The number of ether oxygens (including phenoxy) is 1. The molecule has 1 saturated heterocycles. The Bertz CT molecular complexity index is 447. The number of cyclic esters (lactones) is 2. The predicted octanol–water partition coefficient (Wildman–Crippen LogP) is 2.48. The van der Waals surface area contributed by atoms with E-state index in [-0.39, 0.29) is 22.8 Å². The van der Waals surface area contributed by atoms with Gasteiger partial charge in [0.05, 0.1) is 0 Å². The zero-order valence-electron chi connectivity index (χ0n) is 11.4. The van der Waals surface area contributed by atoms with Crippen molar-refractivity contribution in [2.24, 2.45) is 27.6 Å². The van der Waals surface area contributed by atoms with Gasteiger partial charge in [-0.1, -0.05) is 0 Å². The van der Waals surface area contributed by atoms with Gasteiger partial charge in [0.1, 0.15) is 0 Å². The van der Waals surface area contributed by atoms with Crippen LogP contribution in [0, 0.1) is 27.6 Å². The molecule has 3 aliphatic rings. The fraction of sp³-hybridized carbons (Fsp3) is 0.857. The normalized spacial score (nSPS) is 62.1. The summed E-state index contributed by atoms with van der Waals surface area (Å²) in [6.45, 7) is 10.4. The molecule has 0 aromatic carbocycles. The fourth-order valence-corrected chi connectivity index (χ4v) is 6.59. The second-order valence-electron chi connectivity index (χ2n) is 7.11. The number of carbonyl (C=O) groups excluding carboxylic acids is 2. The summed E-state index contributed by atoms with van der Waals surface area (Å²) in [7, 11) is 0. The molecule has 3 nitrogen and oxygen atoms in total. The molecule has 6 unspecified atom stereocenters. The summed E-state index contributed by atoms with van der Waals surface area (Å²) in [5.74, 6) is -0.232. The number of carbonyl (C=O) groups is 2. The van der Waals surface area contributed by atoms with E-state index in [0.29, 0.717) is 10.4 Å². The number of hydrogen-bond donors (Lipinski definition) is 0. The molecule has 2 bridgehead atoms. The number of fused-ring (bicyclic) bond motifs is 5. The van der Waals surface area contributed by atoms with E-state index in [1.165, 1.54) is 0 Å². The molecule has 0 spiro atoms. The van der Waals surface area contributed by atoms with Gasteiger partial charge < -0.3 is 0 Å². The van der Waals surface area contributed by atoms with Crippen LogP contribution in [0.2, 0.25) is 4.51 Å². The molecule has 3 rings (SSSR count). The number of hydrogen-bond acceptors (Lipinski definition) is 3. The summed E-state index contributed by atoms with van der Waals surface area (Å²) in [6.07, 6.45) is 0.923. The third-order valence-corrected chi connectivity index (χ3v) is 9.02. The van der Waals surface area contributed by atoms with Crippen LogP contribution in [0.15, 0.2) is 0 Å². The van der Waals surface area contributed by atoms with E-state index < -0.39 is 10.8 Å². The van der Waals surface area contributed by atoms with Crippen LogP contribution in [0.1, 0.15) is 41.0 Å². The van der Waals surface area contributed by atoms with Crippen LogP contribution in [-0.4, -0.2) is 11.9 Å².